The number of hydrogen-bond acceptors (Lipinski definition) is 5. The van der Waals surface area contributed by atoms with E-state index in [2.05, 4.69) is 20.6 Å². The Hall–Kier alpha value is -3.92. The monoisotopic (exact) mass is 510 g/mol. The lowest BCUT2D eigenvalue weighted by Gasteiger charge is -2.16. The van der Waals surface area contributed by atoms with Crippen LogP contribution in [0.5, 0.6) is 0 Å². The molecule has 2 N–H and O–H groups in total. The molecule has 0 fully saturated rings. The van der Waals surface area contributed by atoms with Crippen molar-refractivity contribution in [3.8, 4) is 0 Å². The van der Waals surface area contributed by atoms with Crippen molar-refractivity contribution in [2.45, 2.75) is 24.2 Å². The quantitative estimate of drug-likeness (QED) is 0.240. The summed E-state index contributed by atoms with van der Waals surface area (Å²) in [6.07, 6.45) is -4.72. The summed E-state index contributed by atoms with van der Waals surface area (Å²) >= 11 is 0.866. The minimum Gasteiger partial charge on any atom is -0.345 e. The largest absolute Gasteiger partial charge is 0.451 e. The van der Waals surface area contributed by atoms with Crippen molar-refractivity contribution >= 4 is 40.2 Å². The van der Waals surface area contributed by atoms with Gasteiger partial charge in [0, 0.05) is 5.39 Å². The molecule has 4 rings (SSSR count). The second kappa shape index (κ2) is 10.8. The number of amides is 2. The predicted octanol–water partition coefficient (Wildman–Crippen LogP) is 5.87. The van der Waals surface area contributed by atoms with E-state index in [0.717, 1.165) is 17.3 Å². The van der Waals surface area contributed by atoms with Crippen LogP contribution in [-0.2, 0) is 11.0 Å². The zero-order chi connectivity index (χ0) is 25.7. The number of anilines is 1. The first-order valence-corrected chi connectivity index (χ1v) is 11.9. The third kappa shape index (κ3) is 6.01. The molecule has 1 atom stereocenters. The maximum Gasteiger partial charge on any atom is 0.451 e. The summed E-state index contributed by atoms with van der Waals surface area (Å²) in [4.78, 5) is 32.8. The van der Waals surface area contributed by atoms with Gasteiger partial charge in [0.2, 0.25) is 11.7 Å². The van der Waals surface area contributed by atoms with Gasteiger partial charge in [0.05, 0.1) is 28.6 Å². The normalized spacial score (nSPS) is 12.2. The molecule has 0 saturated carbocycles. The third-order valence-electron chi connectivity index (χ3n) is 5.25. The van der Waals surface area contributed by atoms with E-state index >= 15 is 0 Å². The van der Waals surface area contributed by atoms with Gasteiger partial charge in [-0.05, 0) is 30.7 Å². The zero-order valence-electron chi connectivity index (χ0n) is 19.0. The summed E-state index contributed by atoms with van der Waals surface area (Å²) < 4.78 is 39.7. The minimum atomic E-state index is -4.72. The van der Waals surface area contributed by atoms with Crippen molar-refractivity contribution in [3.63, 3.8) is 0 Å². The fourth-order valence-electron chi connectivity index (χ4n) is 3.49. The van der Waals surface area contributed by atoms with Crippen LogP contribution in [0, 0.1) is 0 Å². The number of halogens is 3. The molecule has 36 heavy (non-hydrogen) atoms. The van der Waals surface area contributed by atoms with Crippen molar-refractivity contribution in [3.05, 3.63) is 95.8 Å². The van der Waals surface area contributed by atoms with Crippen molar-refractivity contribution in [1.82, 2.24) is 15.3 Å². The molecule has 0 spiro atoms. The van der Waals surface area contributed by atoms with Crippen LogP contribution < -0.4 is 10.6 Å². The van der Waals surface area contributed by atoms with Gasteiger partial charge in [-0.25, -0.2) is 9.97 Å². The summed E-state index contributed by atoms with van der Waals surface area (Å²) in [5.41, 5.74) is 1.63. The van der Waals surface area contributed by atoms with Gasteiger partial charge < -0.3 is 10.6 Å². The Bertz CT molecular complexity index is 1400. The molecule has 3 aromatic carbocycles. The van der Waals surface area contributed by atoms with Crippen LogP contribution >= 0.6 is 11.8 Å². The molecular weight excluding hydrogens is 489 g/mol. The second-order valence-corrected chi connectivity index (χ2v) is 8.82. The number of fused-ring (bicyclic) bond motifs is 1. The van der Waals surface area contributed by atoms with Crippen LogP contribution in [0.2, 0.25) is 0 Å². The molecule has 2 amide bonds. The molecular formula is C26H21F3N4O2S. The predicted molar refractivity (Wildman–Crippen MR) is 133 cm³/mol. The van der Waals surface area contributed by atoms with Gasteiger partial charge in [-0.2, -0.15) is 13.2 Å². The molecule has 0 aliphatic rings. The molecule has 6 nitrogen and oxygen atoms in total. The first-order valence-electron chi connectivity index (χ1n) is 10.9. The average molecular weight is 511 g/mol. The number of hydrogen-bond donors (Lipinski definition) is 2. The maximum absolute atomic E-state index is 13.2. The third-order valence-corrected chi connectivity index (χ3v) is 6.25. The molecule has 0 aliphatic carbocycles. The number of carbonyl (C=O) groups excluding carboxylic acids is 2. The number of alkyl halides is 3. The first kappa shape index (κ1) is 25.2. The van der Waals surface area contributed by atoms with Gasteiger partial charge >= 0.3 is 6.18 Å². The summed E-state index contributed by atoms with van der Waals surface area (Å²) in [5, 5.41) is 6.05. The standard InChI is InChI=1S/C26H21F3N4O2S/c1-16(17-9-3-2-4-10-17)30-23(35)18-11-5-7-13-20(18)31-22(34)15-36-24-19-12-6-8-14-21(19)32-25(33-24)26(27,28)29/h2-14,16H,15H2,1H3,(H,30,35)(H,31,34)/t16-/m0/s1. The van der Waals surface area contributed by atoms with Gasteiger partial charge in [-0.15, -0.1) is 0 Å². The van der Waals surface area contributed by atoms with Crippen LogP contribution in [0.1, 0.15) is 34.7 Å². The SMILES string of the molecule is C[C@H](NC(=O)c1ccccc1NC(=O)CSc1nc(C(F)(F)F)nc2ccccc12)c1ccccc1. The Kier molecular flexibility index (Phi) is 7.54. The van der Waals surface area contributed by atoms with Crippen LogP contribution in [0.25, 0.3) is 10.9 Å². The Balaban J connectivity index is 1.47. The number of thioether (sulfide) groups is 1. The maximum atomic E-state index is 13.2. The lowest BCUT2D eigenvalue weighted by molar-refractivity contribution is -0.145. The summed E-state index contributed by atoms with van der Waals surface area (Å²) in [7, 11) is 0. The van der Waals surface area contributed by atoms with Gasteiger partial charge in [0.25, 0.3) is 5.91 Å². The number of aromatic nitrogens is 2. The van der Waals surface area contributed by atoms with Crippen molar-refractivity contribution in [2.75, 3.05) is 11.1 Å². The van der Waals surface area contributed by atoms with E-state index < -0.39 is 17.9 Å². The van der Waals surface area contributed by atoms with E-state index in [0.29, 0.717) is 11.1 Å². The summed E-state index contributed by atoms with van der Waals surface area (Å²) in [6.45, 7) is 1.85. The molecule has 1 heterocycles. The summed E-state index contributed by atoms with van der Waals surface area (Å²) in [5.74, 6) is -2.34. The molecule has 0 aliphatic heterocycles. The van der Waals surface area contributed by atoms with Gasteiger partial charge in [-0.1, -0.05) is 72.4 Å². The number of para-hydroxylation sites is 2. The average Bonchev–Trinajstić information content (AvgIpc) is 2.87. The lowest BCUT2D eigenvalue weighted by atomic mass is 10.1. The molecule has 1 aromatic heterocycles. The molecule has 0 radical (unpaired) electrons. The van der Waals surface area contributed by atoms with Crippen LogP contribution in [0.3, 0.4) is 0 Å². The summed E-state index contributed by atoms with van der Waals surface area (Å²) in [6, 6.07) is 22.0. The van der Waals surface area contributed by atoms with Crippen LogP contribution in [-0.4, -0.2) is 27.5 Å². The highest BCUT2D eigenvalue weighted by Crippen LogP contribution is 2.32. The first-order chi connectivity index (χ1) is 17.2. The minimum absolute atomic E-state index is 0.0470. The van der Waals surface area contributed by atoms with Gasteiger partial charge in [-0.3, -0.25) is 9.59 Å². The Morgan fingerprint density at radius 1 is 0.917 bits per heavy atom. The number of nitrogens with zero attached hydrogens (tertiary/aromatic N) is 2. The van der Waals surface area contributed by atoms with E-state index in [9.17, 15) is 22.8 Å². The highest BCUT2D eigenvalue weighted by atomic mass is 32.2. The number of carbonyl (C=O) groups is 2. The molecule has 0 saturated heterocycles. The number of rotatable bonds is 7. The molecule has 0 bridgehead atoms. The molecule has 10 heteroatoms. The van der Waals surface area contributed by atoms with E-state index in [4.69, 9.17) is 0 Å². The van der Waals surface area contributed by atoms with Crippen molar-refractivity contribution in [1.29, 1.82) is 0 Å². The van der Waals surface area contributed by atoms with Crippen molar-refractivity contribution in [2.24, 2.45) is 0 Å². The van der Waals surface area contributed by atoms with E-state index in [1.54, 1.807) is 42.5 Å². The Morgan fingerprint density at radius 2 is 1.58 bits per heavy atom. The molecule has 0 unspecified atom stereocenters. The van der Waals surface area contributed by atoms with Crippen molar-refractivity contribution < 1.29 is 22.8 Å². The van der Waals surface area contributed by atoms with Crippen LogP contribution in [0.4, 0.5) is 18.9 Å². The topological polar surface area (TPSA) is 84.0 Å². The van der Waals surface area contributed by atoms with E-state index in [1.165, 1.54) is 6.07 Å². The highest BCUT2D eigenvalue weighted by Gasteiger charge is 2.35. The van der Waals surface area contributed by atoms with E-state index in [1.807, 2.05) is 37.3 Å². The fraction of sp³-hybridized carbons (Fsp3) is 0.154. The molecule has 184 valence electrons. The molecule has 4 aromatic rings. The van der Waals surface area contributed by atoms with Crippen LogP contribution in [0.15, 0.2) is 83.9 Å². The number of benzene rings is 3. The fourth-order valence-corrected chi connectivity index (χ4v) is 4.31. The van der Waals surface area contributed by atoms with Gasteiger partial charge in [0.15, 0.2) is 0 Å². The Morgan fingerprint density at radius 3 is 2.33 bits per heavy atom. The zero-order valence-corrected chi connectivity index (χ0v) is 19.9. The smallest absolute Gasteiger partial charge is 0.345 e. The highest BCUT2D eigenvalue weighted by molar-refractivity contribution is 8.00. The Labute approximate surface area is 209 Å². The second-order valence-electron chi connectivity index (χ2n) is 7.86. The number of nitrogens with one attached hydrogen (secondary N) is 2. The van der Waals surface area contributed by atoms with Gasteiger partial charge in [0.1, 0.15) is 5.03 Å². The lowest BCUT2D eigenvalue weighted by Crippen LogP contribution is -2.28. The van der Waals surface area contributed by atoms with E-state index in [-0.39, 0.29) is 33.8 Å².